The van der Waals surface area contributed by atoms with E-state index in [4.69, 9.17) is 5.11 Å². The maximum atomic E-state index is 11.8. The summed E-state index contributed by atoms with van der Waals surface area (Å²) in [5.74, 6) is -0.709. The zero-order valence-corrected chi connectivity index (χ0v) is 10.1. The van der Waals surface area contributed by atoms with Crippen LogP contribution in [0.5, 0.6) is 0 Å². The SMILES string of the molecule is CC(O)CC(C)NC(C)C(=O)NCC(F)(F)F. The van der Waals surface area contributed by atoms with E-state index in [0.29, 0.717) is 6.42 Å². The molecule has 17 heavy (non-hydrogen) atoms. The normalized spacial score (nSPS) is 17.4. The van der Waals surface area contributed by atoms with Gasteiger partial charge in [-0.05, 0) is 27.2 Å². The van der Waals surface area contributed by atoms with E-state index in [9.17, 15) is 18.0 Å². The third-order valence-corrected chi connectivity index (χ3v) is 2.09. The van der Waals surface area contributed by atoms with Gasteiger partial charge in [-0.25, -0.2) is 0 Å². The first kappa shape index (κ1) is 16.2. The Morgan fingerprint density at radius 1 is 1.29 bits per heavy atom. The van der Waals surface area contributed by atoms with Crippen LogP contribution >= 0.6 is 0 Å². The third-order valence-electron chi connectivity index (χ3n) is 2.09. The quantitative estimate of drug-likeness (QED) is 0.659. The smallest absolute Gasteiger partial charge is 0.393 e. The number of rotatable bonds is 6. The van der Waals surface area contributed by atoms with Crippen LogP contribution in [-0.4, -0.2) is 41.9 Å². The van der Waals surface area contributed by atoms with E-state index in [1.165, 1.54) is 6.92 Å². The lowest BCUT2D eigenvalue weighted by Gasteiger charge is -2.20. The zero-order valence-electron chi connectivity index (χ0n) is 10.1. The van der Waals surface area contributed by atoms with Gasteiger partial charge < -0.3 is 15.7 Å². The van der Waals surface area contributed by atoms with Crippen LogP contribution in [0.2, 0.25) is 0 Å². The lowest BCUT2D eigenvalue weighted by molar-refractivity contribution is -0.139. The zero-order chi connectivity index (χ0) is 13.6. The Kier molecular flexibility index (Phi) is 6.48. The van der Waals surface area contributed by atoms with Gasteiger partial charge >= 0.3 is 6.18 Å². The summed E-state index contributed by atoms with van der Waals surface area (Å²) in [6.45, 7) is 3.50. The van der Waals surface area contributed by atoms with Crippen molar-refractivity contribution >= 4 is 5.91 Å². The van der Waals surface area contributed by atoms with Crippen LogP contribution in [0.15, 0.2) is 0 Å². The number of hydrogen-bond acceptors (Lipinski definition) is 3. The van der Waals surface area contributed by atoms with Crippen molar-refractivity contribution in [1.82, 2.24) is 10.6 Å². The van der Waals surface area contributed by atoms with Gasteiger partial charge in [-0.15, -0.1) is 0 Å². The summed E-state index contributed by atoms with van der Waals surface area (Å²) >= 11 is 0. The highest BCUT2D eigenvalue weighted by Gasteiger charge is 2.28. The Balaban J connectivity index is 3.97. The number of halogens is 3. The molecule has 0 radical (unpaired) electrons. The van der Waals surface area contributed by atoms with E-state index in [-0.39, 0.29) is 6.04 Å². The maximum absolute atomic E-state index is 11.8. The Labute approximate surface area is 98.6 Å². The predicted molar refractivity (Wildman–Crippen MR) is 57.4 cm³/mol. The molecule has 4 nitrogen and oxygen atoms in total. The van der Waals surface area contributed by atoms with Crippen LogP contribution in [0.3, 0.4) is 0 Å². The number of aliphatic hydroxyl groups is 1. The fraction of sp³-hybridized carbons (Fsp3) is 0.900. The molecule has 1 amide bonds. The Morgan fingerprint density at radius 3 is 2.24 bits per heavy atom. The van der Waals surface area contributed by atoms with E-state index in [0.717, 1.165) is 0 Å². The number of aliphatic hydroxyl groups excluding tert-OH is 1. The first-order chi connectivity index (χ1) is 7.61. The molecule has 0 aliphatic heterocycles. The van der Waals surface area contributed by atoms with E-state index >= 15 is 0 Å². The molecule has 102 valence electrons. The predicted octanol–water partition coefficient (Wildman–Crippen LogP) is 0.802. The number of carbonyl (C=O) groups excluding carboxylic acids is 1. The largest absolute Gasteiger partial charge is 0.405 e. The minimum absolute atomic E-state index is 0.151. The molecule has 3 N–H and O–H groups in total. The van der Waals surface area contributed by atoms with Gasteiger partial charge in [0.25, 0.3) is 0 Å². The molecule has 3 atom stereocenters. The minimum Gasteiger partial charge on any atom is -0.393 e. The first-order valence-corrected chi connectivity index (χ1v) is 5.40. The number of hydrogen-bond donors (Lipinski definition) is 3. The Bertz CT molecular complexity index is 244. The number of nitrogens with one attached hydrogen (secondary N) is 2. The summed E-state index contributed by atoms with van der Waals surface area (Å²) in [6.07, 6.45) is -4.50. The summed E-state index contributed by atoms with van der Waals surface area (Å²) in [5, 5.41) is 13.7. The average Bonchev–Trinajstić information content (AvgIpc) is 2.11. The fourth-order valence-electron chi connectivity index (χ4n) is 1.42. The van der Waals surface area contributed by atoms with Crippen LogP contribution in [0.1, 0.15) is 27.2 Å². The molecule has 3 unspecified atom stereocenters. The van der Waals surface area contributed by atoms with E-state index in [1.807, 2.05) is 0 Å². The van der Waals surface area contributed by atoms with Crippen LogP contribution in [0, 0.1) is 0 Å². The number of amides is 1. The second-order valence-corrected chi connectivity index (χ2v) is 4.21. The number of carbonyl (C=O) groups is 1. The topological polar surface area (TPSA) is 61.4 Å². The lowest BCUT2D eigenvalue weighted by Crippen LogP contribution is -2.48. The molecular weight excluding hydrogens is 237 g/mol. The molecule has 0 bridgehead atoms. The lowest BCUT2D eigenvalue weighted by atomic mass is 10.1. The van der Waals surface area contributed by atoms with Crippen LogP contribution < -0.4 is 10.6 Å². The molecule has 0 aromatic heterocycles. The van der Waals surface area contributed by atoms with Crippen molar-refractivity contribution in [2.75, 3.05) is 6.54 Å². The second kappa shape index (κ2) is 6.80. The molecule has 0 aromatic rings. The van der Waals surface area contributed by atoms with Gasteiger partial charge in [-0.1, -0.05) is 0 Å². The van der Waals surface area contributed by atoms with Crippen molar-refractivity contribution in [3.05, 3.63) is 0 Å². The van der Waals surface area contributed by atoms with Crippen molar-refractivity contribution in [3.8, 4) is 0 Å². The summed E-state index contributed by atoms with van der Waals surface area (Å²) in [4.78, 5) is 11.3. The summed E-state index contributed by atoms with van der Waals surface area (Å²) in [7, 11) is 0. The van der Waals surface area contributed by atoms with Crippen molar-refractivity contribution in [2.24, 2.45) is 0 Å². The van der Waals surface area contributed by atoms with Gasteiger partial charge in [-0.2, -0.15) is 13.2 Å². The molecule has 0 rings (SSSR count). The van der Waals surface area contributed by atoms with Crippen molar-refractivity contribution < 1.29 is 23.1 Å². The summed E-state index contributed by atoms with van der Waals surface area (Å²) in [6, 6.07) is -0.882. The number of alkyl halides is 3. The van der Waals surface area contributed by atoms with Gasteiger partial charge in [0, 0.05) is 6.04 Å². The van der Waals surface area contributed by atoms with E-state index in [2.05, 4.69) is 5.32 Å². The van der Waals surface area contributed by atoms with Gasteiger partial charge in [-0.3, -0.25) is 4.79 Å². The fourth-order valence-corrected chi connectivity index (χ4v) is 1.42. The van der Waals surface area contributed by atoms with Crippen molar-refractivity contribution in [2.45, 2.75) is 51.6 Å². The Morgan fingerprint density at radius 2 is 1.82 bits per heavy atom. The van der Waals surface area contributed by atoms with Crippen molar-refractivity contribution in [3.63, 3.8) is 0 Å². The van der Waals surface area contributed by atoms with Crippen LogP contribution in [0.25, 0.3) is 0 Å². The van der Waals surface area contributed by atoms with E-state index in [1.54, 1.807) is 19.2 Å². The standard InChI is InChI=1S/C10H19F3N2O2/c1-6(4-7(2)16)15-8(3)9(17)14-5-10(11,12)13/h6-8,15-16H,4-5H2,1-3H3,(H,14,17). The molecule has 0 spiro atoms. The molecule has 0 heterocycles. The highest BCUT2D eigenvalue weighted by molar-refractivity contribution is 5.81. The van der Waals surface area contributed by atoms with Gasteiger partial charge in [0.2, 0.25) is 5.91 Å². The summed E-state index contributed by atoms with van der Waals surface area (Å²) in [5.41, 5.74) is 0. The first-order valence-electron chi connectivity index (χ1n) is 5.40. The molecule has 7 heteroatoms. The highest BCUT2D eigenvalue weighted by atomic mass is 19.4. The molecule has 0 fully saturated rings. The second-order valence-electron chi connectivity index (χ2n) is 4.21. The third kappa shape index (κ3) is 8.93. The van der Waals surface area contributed by atoms with E-state index < -0.39 is 30.8 Å². The van der Waals surface area contributed by atoms with Gasteiger partial charge in [0.05, 0.1) is 12.1 Å². The molecule has 0 aliphatic rings. The molecule has 0 saturated carbocycles. The van der Waals surface area contributed by atoms with Crippen LogP contribution in [0.4, 0.5) is 13.2 Å². The average molecular weight is 256 g/mol. The molecule has 0 aliphatic carbocycles. The van der Waals surface area contributed by atoms with Crippen molar-refractivity contribution in [1.29, 1.82) is 0 Å². The Hall–Kier alpha value is -0.820. The molecule has 0 saturated heterocycles. The monoisotopic (exact) mass is 256 g/mol. The van der Waals surface area contributed by atoms with Crippen LogP contribution in [-0.2, 0) is 4.79 Å². The molecular formula is C10H19F3N2O2. The van der Waals surface area contributed by atoms with Gasteiger partial charge in [0.15, 0.2) is 0 Å². The maximum Gasteiger partial charge on any atom is 0.405 e. The van der Waals surface area contributed by atoms with Gasteiger partial charge in [0.1, 0.15) is 6.54 Å². The molecule has 0 aromatic carbocycles. The highest BCUT2D eigenvalue weighted by Crippen LogP contribution is 2.12. The summed E-state index contributed by atoms with van der Waals surface area (Å²) < 4.78 is 35.5. The minimum atomic E-state index is -4.40.